The van der Waals surface area contributed by atoms with Gasteiger partial charge < -0.3 is 10.1 Å². The molecule has 3 aromatic carbocycles. The van der Waals surface area contributed by atoms with Crippen LogP contribution in [0.4, 0.5) is 5.69 Å². The number of para-hydroxylation sites is 1. The number of anilines is 1. The molecule has 136 valence electrons. The quantitative estimate of drug-likeness (QED) is 0.589. The topological polar surface area (TPSA) is 55.4 Å². The second-order valence-corrected chi connectivity index (χ2v) is 6.28. The SMILES string of the molecule is O=C(CCOc1ccccc1)Nc1ccc(Cl)cc1C(=O)c1ccccc1. The van der Waals surface area contributed by atoms with Gasteiger partial charge in [-0.15, -0.1) is 0 Å². The fraction of sp³-hybridized carbons (Fsp3) is 0.0909. The van der Waals surface area contributed by atoms with Gasteiger partial charge in [0.2, 0.25) is 5.91 Å². The average Bonchev–Trinajstić information content (AvgIpc) is 2.70. The van der Waals surface area contributed by atoms with E-state index in [1.54, 1.807) is 42.5 Å². The normalized spacial score (nSPS) is 10.3. The number of nitrogens with one attached hydrogen (secondary N) is 1. The van der Waals surface area contributed by atoms with Crippen molar-refractivity contribution in [3.05, 3.63) is 95.0 Å². The second kappa shape index (κ2) is 9.01. The van der Waals surface area contributed by atoms with Gasteiger partial charge in [0.1, 0.15) is 5.75 Å². The summed E-state index contributed by atoms with van der Waals surface area (Å²) in [5, 5.41) is 3.21. The highest BCUT2D eigenvalue weighted by Crippen LogP contribution is 2.24. The number of amides is 1. The molecule has 0 aliphatic carbocycles. The second-order valence-electron chi connectivity index (χ2n) is 5.84. The minimum atomic E-state index is -0.240. The molecule has 0 radical (unpaired) electrons. The van der Waals surface area contributed by atoms with Gasteiger partial charge in [-0.25, -0.2) is 0 Å². The molecule has 5 heteroatoms. The van der Waals surface area contributed by atoms with Crippen molar-refractivity contribution in [2.45, 2.75) is 6.42 Å². The standard InChI is InChI=1S/C22H18ClNO3/c23-17-11-12-20(19(15-17)22(26)16-7-3-1-4-8-16)24-21(25)13-14-27-18-9-5-2-6-10-18/h1-12,15H,13-14H2,(H,24,25). The monoisotopic (exact) mass is 379 g/mol. The molecule has 1 N–H and O–H groups in total. The van der Waals surface area contributed by atoms with Crippen LogP contribution in [0.5, 0.6) is 5.75 Å². The van der Waals surface area contributed by atoms with Crippen LogP contribution in [0.15, 0.2) is 78.9 Å². The molecule has 4 nitrogen and oxygen atoms in total. The number of benzene rings is 3. The maximum absolute atomic E-state index is 12.8. The molecular formula is C22H18ClNO3. The Hall–Kier alpha value is -3.11. The zero-order valence-electron chi connectivity index (χ0n) is 14.5. The van der Waals surface area contributed by atoms with Gasteiger partial charge in [-0.1, -0.05) is 60.1 Å². The van der Waals surface area contributed by atoms with E-state index in [0.717, 1.165) is 0 Å². The van der Waals surface area contributed by atoms with Gasteiger partial charge >= 0.3 is 0 Å². The Morgan fingerprint density at radius 1 is 0.889 bits per heavy atom. The van der Waals surface area contributed by atoms with Crippen LogP contribution in [0.3, 0.4) is 0 Å². The number of halogens is 1. The van der Waals surface area contributed by atoms with E-state index in [1.807, 2.05) is 36.4 Å². The van der Waals surface area contributed by atoms with Gasteiger partial charge in [-0.05, 0) is 30.3 Å². The predicted octanol–water partition coefficient (Wildman–Crippen LogP) is 4.98. The molecule has 3 rings (SSSR count). The van der Waals surface area contributed by atoms with Crippen LogP contribution in [0.2, 0.25) is 5.02 Å². The van der Waals surface area contributed by atoms with Crippen LogP contribution < -0.4 is 10.1 Å². The first-order valence-electron chi connectivity index (χ1n) is 8.50. The Kier molecular flexibility index (Phi) is 6.23. The van der Waals surface area contributed by atoms with Gasteiger partial charge in [-0.3, -0.25) is 9.59 Å². The Balaban J connectivity index is 1.67. The molecule has 0 saturated heterocycles. The van der Waals surface area contributed by atoms with Crippen LogP contribution in [0.25, 0.3) is 0 Å². The van der Waals surface area contributed by atoms with Crippen molar-refractivity contribution in [2.24, 2.45) is 0 Å². The molecule has 0 unspecified atom stereocenters. The van der Waals surface area contributed by atoms with Gasteiger partial charge in [0.05, 0.1) is 18.7 Å². The highest BCUT2D eigenvalue weighted by molar-refractivity contribution is 6.31. The molecule has 0 saturated carbocycles. The molecule has 0 aromatic heterocycles. The lowest BCUT2D eigenvalue weighted by Gasteiger charge is -2.12. The lowest BCUT2D eigenvalue weighted by atomic mass is 10.0. The summed E-state index contributed by atoms with van der Waals surface area (Å²) < 4.78 is 5.53. The zero-order valence-corrected chi connectivity index (χ0v) is 15.3. The fourth-order valence-electron chi connectivity index (χ4n) is 2.55. The third-order valence-electron chi connectivity index (χ3n) is 3.88. The summed E-state index contributed by atoms with van der Waals surface area (Å²) in [6, 6.07) is 23.0. The van der Waals surface area contributed by atoms with Crippen molar-refractivity contribution in [1.82, 2.24) is 0 Å². The lowest BCUT2D eigenvalue weighted by Crippen LogP contribution is -2.17. The summed E-state index contributed by atoms with van der Waals surface area (Å²) in [4.78, 5) is 25.0. The van der Waals surface area contributed by atoms with Crippen molar-refractivity contribution >= 4 is 29.0 Å². The smallest absolute Gasteiger partial charge is 0.227 e. The Morgan fingerprint density at radius 3 is 2.26 bits per heavy atom. The van der Waals surface area contributed by atoms with Gasteiger partial charge in [0.15, 0.2) is 5.78 Å². The predicted molar refractivity (Wildman–Crippen MR) is 107 cm³/mol. The summed E-state index contributed by atoms with van der Waals surface area (Å²) in [5.74, 6) is 0.265. The van der Waals surface area contributed by atoms with Gasteiger partial charge in [0.25, 0.3) is 0 Å². The Bertz CT molecular complexity index is 927. The maximum Gasteiger partial charge on any atom is 0.227 e. The van der Waals surface area contributed by atoms with Crippen molar-refractivity contribution in [2.75, 3.05) is 11.9 Å². The molecule has 0 aliphatic heterocycles. The molecule has 0 spiro atoms. The largest absolute Gasteiger partial charge is 0.493 e. The Morgan fingerprint density at radius 2 is 1.56 bits per heavy atom. The summed E-state index contributed by atoms with van der Waals surface area (Å²) in [7, 11) is 0. The van der Waals surface area contributed by atoms with Crippen LogP contribution in [-0.4, -0.2) is 18.3 Å². The van der Waals surface area contributed by atoms with Crippen molar-refractivity contribution in [3.63, 3.8) is 0 Å². The van der Waals surface area contributed by atoms with Crippen molar-refractivity contribution < 1.29 is 14.3 Å². The summed E-state index contributed by atoms with van der Waals surface area (Å²) >= 11 is 6.05. The molecule has 0 heterocycles. The van der Waals surface area contributed by atoms with E-state index in [9.17, 15) is 9.59 Å². The number of ether oxygens (including phenoxy) is 1. The third-order valence-corrected chi connectivity index (χ3v) is 4.11. The molecular weight excluding hydrogens is 362 g/mol. The lowest BCUT2D eigenvalue weighted by molar-refractivity contribution is -0.116. The minimum Gasteiger partial charge on any atom is -0.493 e. The first-order chi connectivity index (χ1) is 13.1. The number of carbonyl (C=O) groups excluding carboxylic acids is 2. The van der Waals surface area contributed by atoms with E-state index in [-0.39, 0.29) is 24.7 Å². The number of rotatable bonds is 7. The highest BCUT2D eigenvalue weighted by Gasteiger charge is 2.16. The van der Waals surface area contributed by atoms with E-state index in [4.69, 9.17) is 16.3 Å². The third kappa shape index (κ3) is 5.19. The number of carbonyl (C=O) groups is 2. The molecule has 0 atom stereocenters. The summed E-state index contributed by atoms with van der Waals surface area (Å²) in [6.07, 6.45) is 0.163. The minimum absolute atomic E-state index is 0.163. The van der Waals surface area contributed by atoms with E-state index >= 15 is 0 Å². The molecule has 1 amide bonds. The first kappa shape index (κ1) is 18.7. The van der Waals surface area contributed by atoms with Crippen molar-refractivity contribution in [1.29, 1.82) is 0 Å². The molecule has 0 aliphatic rings. The highest BCUT2D eigenvalue weighted by atomic mass is 35.5. The van der Waals surface area contributed by atoms with E-state index < -0.39 is 0 Å². The number of hydrogen-bond donors (Lipinski definition) is 1. The first-order valence-corrected chi connectivity index (χ1v) is 8.88. The summed E-state index contributed by atoms with van der Waals surface area (Å²) in [5.41, 5.74) is 1.31. The Labute approximate surface area is 162 Å². The molecule has 0 bridgehead atoms. The van der Waals surface area contributed by atoms with Gasteiger partial charge in [0, 0.05) is 16.1 Å². The van der Waals surface area contributed by atoms with E-state index in [0.29, 0.717) is 27.6 Å². The van der Waals surface area contributed by atoms with Crippen LogP contribution in [-0.2, 0) is 4.79 Å². The summed E-state index contributed by atoms with van der Waals surface area (Å²) in [6.45, 7) is 0.241. The zero-order chi connectivity index (χ0) is 19.1. The number of hydrogen-bond acceptors (Lipinski definition) is 3. The van der Waals surface area contributed by atoms with E-state index in [1.165, 1.54) is 0 Å². The van der Waals surface area contributed by atoms with Crippen LogP contribution >= 0.6 is 11.6 Å². The fourth-order valence-corrected chi connectivity index (χ4v) is 2.72. The molecule has 0 fully saturated rings. The maximum atomic E-state index is 12.8. The van der Waals surface area contributed by atoms with Crippen LogP contribution in [0.1, 0.15) is 22.3 Å². The van der Waals surface area contributed by atoms with Crippen LogP contribution in [0, 0.1) is 0 Å². The van der Waals surface area contributed by atoms with E-state index in [2.05, 4.69) is 5.32 Å². The number of ketones is 1. The molecule has 27 heavy (non-hydrogen) atoms. The van der Waals surface area contributed by atoms with Crippen molar-refractivity contribution in [3.8, 4) is 5.75 Å². The average molecular weight is 380 g/mol. The molecule has 3 aromatic rings. The van der Waals surface area contributed by atoms with Gasteiger partial charge in [-0.2, -0.15) is 0 Å².